The molecule has 0 saturated heterocycles. The molecule has 1 aliphatic heterocycles. The van der Waals surface area contributed by atoms with E-state index >= 15 is 0 Å². The van der Waals surface area contributed by atoms with Crippen LogP contribution >= 0.6 is 11.6 Å². The molecule has 1 aromatic carbocycles. The lowest BCUT2D eigenvalue weighted by atomic mass is 9.92. The average Bonchev–Trinajstić information content (AvgIpc) is 2.87. The number of carbonyl (C=O) groups is 2. The van der Waals surface area contributed by atoms with Crippen molar-refractivity contribution in [2.24, 2.45) is 0 Å². The highest BCUT2D eigenvalue weighted by Crippen LogP contribution is 2.33. The van der Waals surface area contributed by atoms with Crippen LogP contribution in [0.5, 0.6) is 11.6 Å². The molecule has 0 spiro atoms. The molecule has 8 nitrogen and oxygen atoms in total. The molecule has 2 aliphatic rings. The minimum atomic E-state index is -0.532. The molecular weight excluding hydrogens is 530 g/mol. The molecule has 0 unspecified atom stereocenters. The summed E-state index contributed by atoms with van der Waals surface area (Å²) < 4.78 is 17.4. The molecule has 9 heteroatoms. The molecule has 2 N–H and O–H groups in total. The Hall–Kier alpha value is -3.26. The summed E-state index contributed by atoms with van der Waals surface area (Å²) in [5.41, 5.74) is 3.65. The number of hydrogen-bond donors (Lipinski definition) is 2. The number of nitrogens with zero attached hydrogens (tertiary/aromatic N) is 1. The first-order chi connectivity index (χ1) is 19.0. The molecule has 216 valence electrons. The SMILES string of the molecule is COc1nc(C)cc2c1CNC(=O)c1cc(Cl)cc(OC3CCC(NC(=O)OC(C)(C)C)CC3)c1C/C=C/CC2. The number of carbonyl (C=O) groups excluding carboxylic acids is 2. The molecule has 2 aromatic rings. The first-order valence-electron chi connectivity index (χ1n) is 14.0. The molecular formula is C31H40ClN3O5. The van der Waals surface area contributed by atoms with Crippen LogP contribution in [0.4, 0.5) is 4.79 Å². The van der Waals surface area contributed by atoms with Gasteiger partial charge in [-0.2, -0.15) is 0 Å². The third-order valence-corrected chi connectivity index (χ3v) is 7.32. The van der Waals surface area contributed by atoms with Gasteiger partial charge in [0.1, 0.15) is 11.4 Å². The van der Waals surface area contributed by atoms with Crippen molar-refractivity contribution in [3.8, 4) is 11.6 Å². The molecule has 0 bridgehead atoms. The minimum absolute atomic E-state index is 0.0430. The molecule has 0 atom stereocenters. The Labute approximate surface area is 241 Å². The fourth-order valence-electron chi connectivity index (χ4n) is 5.25. The van der Waals surface area contributed by atoms with Crippen LogP contribution in [0.1, 0.15) is 85.6 Å². The van der Waals surface area contributed by atoms with E-state index in [4.69, 9.17) is 25.8 Å². The quantitative estimate of drug-likeness (QED) is 0.423. The van der Waals surface area contributed by atoms with Crippen molar-refractivity contribution in [1.82, 2.24) is 15.6 Å². The Balaban J connectivity index is 1.50. The number of rotatable bonds is 4. The van der Waals surface area contributed by atoms with Gasteiger partial charge in [0.2, 0.25) is 5.88 Å². The van der Waals surface area contributed by atoms with Crippen LogP contribution in [0.3, 0.4) is 0 Å². The Morgan fingerprint density at radius 2 is 1.85 bits per heavy atom. The molecule has 40 heavy (non-hydrogen) atoms. The highest BCUT2D eigenvalue weighted by atomic mass is 35.5. The molecule has 1 aliphatic carbocycles. The molecule has 1 fully saturated rings. The summed E-state index contributed by atoms with van der Waals surface area (Å²) in [6, 6.07) is 5.59. The zero-order valence-electron chi connectivity index (χ0n) is 24.1. The number of benzene rings is 1. The predicted octanol–water partition coefficient (Wildman–Crippen LogP) is 6.24. The number of allylic oxidation sites excluding steroid dienone is 2. The average molecular weight is 570 g/mol. The molecule has 0 radical (unpaired) electrons. The molecule has 4 rings (SSSR count). The second-order valence-corrected chi connectivity index (χ2v) is 11.9. The first kappa shape index (κ1) is 29.7. The van der Waals surface area contributed by atoms with Crippen LogP contribution in [0.2, 0.25) is 5.02 Å². The third kappa shape index (κ3) is 7.90. The van der Waals surface area contributed by atoms with E-state index in [0.717, 1.165) is 60.9 Å². The van der Waals surface area contributed by atoms with Crippen molar-refractivity contribution in [2.75, 3.05) is 7.11 Å². The number of aromatic nitrogens is 1. The molecule has 1 aromatic heterocycles. The zero-order valence-corrected chi connectivity index (χ0v) is 24.8. The lowest BCUT2D eigenvalue weighted by molar-refractivity contribution is 0.0470. The number of methoxy groups -OCH3 is 1. The van der Waals surface area contributed by atoms with Crippen LogP contribution in [-0.4, -0.2) is 41.8 Å². The van der Waals surface area contributed by atoms with Crippen molar-refractivity contribution in [2.45, 2.75) is 96.9 Å². The predicted molar refractivity (Wildman–Crippen MR) is 155 cm³/mol. The second kappa shape index (κ2) is 12.9. The van der Waals surface area contributed by atoms with Gasteiger partial charge in [-0.25, -0.2) is 9.78 Å². The zero-order chi connectivity index (χ0) is 28.9. The van der Waals surface area contributed by atoms with Gasteiger partial charge < -0.3 is 24.8 Å². The summed E-state index contributed by atoms with van der Waals surface area (Å²) in [5, 5.41) is 6.46. The van der Waals surface area contributed by atoms with Crippen LogP contribution < -0.4 is 20.1 Å². The number of alkyl carbamates (subject to hydrolysis) is 1. The highest BCUT2D eigenvalue weighted by Gasteiger charge is 2.27. The van der Waals surface area contributed by atoms with E-state index in [2.05, 4.69) is 33.8 Å². The van der Waals surface area contributed by atoms with Crippen LogP contribution in [0.25, 0.3) is 0 Å². The van der Waals surface area contributed by atoms with Crippen molar-refractivity contribution in [1.29, 1.82) is 0 Å². The smallest absolute Gasteiger partial charge is 0.407 e. The number of ether oxygens (including phenoxy) is 3. The van der Waals surface area contributed by atoms with E-state index in [1.165, 1.54) is 0 Å². The van der Waals surface area contributed by atoms with E-state index in [1.807, 2.05) is 27.7 Å². The maximum atomic E-state index is 13.5. The van der Waals surface area contributed by atoms with Gasteiger partial charge in [-0.1, -0.05) is 23.8 Å². The van der Waals surface area contributed by atoms with Gasteiger partial charge in [0.25, 0.3) is 5.91 Å². The molecule has 2 amide bonds. The number of fused-ring (bicyclic) bond motifs is 2. The van der Waals surface area contributed by atoms with Crippen molar-refractivity contribution in [3.63, 3.8) is 0 Å². The Kier molecular flexibility index (Phi) is 9.61. The maximum Gasteiger partial charge on any atom is 0.407 e. The highest BCUT2D eigenvalue weighted by molar-refractivity contribution is 6.31. The van der Waals surface area contributed by atoms with E-state index in [0.29, 0.717) is 35.2 Å². The lowest BCUT2D eigenvalue weighted by Gasteiger charge is -2.31. The Bertz CT molecular complexity index is 1260. The van der Waals surface area contributed by atoms with Gasteiger partial charge in [-0.15, -0.1) is 0 Å². The summed E-state index contributed by atoms with van der Waals surface area (Å²) in [4.78, 5) is 30.2. The maximum absolute atomic E-state index is 13.5. The monoisotopic (exact) mass is 569 g/mol. The number of amides is 2. The fraction of sp³-hybridized carbons (Fsp3) is 0.516. The van der Waals surface area contributed by atoms with Gasteiger partial charge >= 0.3 is 6.09 Å². The van der Waals surface area contributed by atoms with Gasteiger partial charge in [-0.05, 0) is 96.4 Å². The normalized spacial score (nSPS) is 20.5. The number of nitrogens with one attached hydrogen (secondary N) is 2. The van der Waals surface area contributed by atoms with E-state index in [-0.39, 0.29) is 18.1 Å². The number of aryl methyl sites for hydroxylation is 2. The summed E-state index contributed by atoms with van der Waals surface area (Å²) in [5.74, 6) is 0.928. The van der Waals surface area contributed by atoms with Crippen molar-refractivity contribution < 1.29 is 23.8 Å². The van der Waals surface area contributed by atoms with Crippen molar-refractivity contribution >= 4 is 23.6 Å². The van der Waals surface area contributed by atoms with Crippen molar-refractivity contribution in [3.05, 3.63) is 63.3 Å². The van der Waals surface area contributed by atoms with Gasteiger partial charge in [0, 0.05) is 40.0 Å². The fourth-order valence-corrected chi connectivity index (χ4v) is 5.46. The Morgan fingerprint density at radius 3 is 2.55 bits per heavy atom. The standard InChI is InChI=1S/C31H40ClN3O5/c1-19-15-20-9-7-6-8-10-24-25(28(36)33-18-26(20)29(34-19)38-5)16-21(32)17-27(24)39-23-13-11-22(12-14-23)35-30(37)40-31(2,3)4/h6,8,15-17,22-23H,7,9-14,18H2,1-5H3,(H,33,36)(H,35,37)/b8-6+. The Morgan fingerprint density at radius 1 is 1.10 bits per heavy atom. The van der Waals surface area contributed by atoms with E-state index in [9.17, 15) is 9.59 Å². The summed E-state index contributed by atoms with van der Waals surface area (Å²) in [7, 11) is 1.60. The van der Waals surface area contributed by atoms with E-state index < -0.39 is 11.7 Å². The summed E-state index contributed by atoms with van der Waals surface area (Å²) >= 11 is 6.50. The van der Waals surface area contributed by atoms with Gasteiger partial charge in [0.15, 0.2) is 0 Å². The molecule has 1 saturated carbocycles. The third-order valence-electron chi connectivity index (χ3n) is 7.10. The largest absolute Gasteiger partial charge is 0.490 e. The topological polar surface area (TPSA) is 98.8 Å². The first-order valence-corrected chi connectivity index (χ1v) is 14.4. The molecule has 2 heterocycles. The van der Waals surface area contributed by atoms with Crippen LogP contribution in [-0.2, 0) is 24.1 Å². The number of pyridine rings is 1. The summed E-state index contributed by atoms with van der Waals surface area (Å²) in [6.45, 7) is 7.79. The lowest BCUT2D eigenvalue weighted by Crippen LogP contribution is -2.42. The van der Waals surface area contributed by atoms with Gasteiger partial charge in [-0.3, -0.25) is 4.79 Å². The number of halogens is 1. The van der Waals surface area contributed by atoms with Crippen LogP contribution in [0.15, 0.2) is 30.4 Å². The number of hydrogen-bond acceptors (Lipinski definition) is 6. The minimum Gasteiger partial charge on any atom is -0.490 e. The van der Waals surface area contributed by atoms with E-state index in [1.54, 1.807) is 19.2 Å². The second-order valence-electron chi connectivity index (χ2n) is 11.5. The summed E-state index contributed by atoms with van der Waals surface area (Å²) in [6.07, 6.45) is 9.11. The van der Waals surface area contributed by atoms with Gasteiger partial charge in [0.05, 0.1) is 13.2 Å². The van der Waals surface area contributed by atoms with Crippen LogP contribution in [0, 0.1) is 6.92 Å².